The summed E-state index contributed by atoms with van der Waals surface area (Å²) in [7, 11) is 0. The number of thiophene rings is 1. The summed E-state index contributed by atoms with van der Waals surface area (Å²) in [6, 6.07) is 58.7. The quantitative estimate of drug-likeness (QED) is 0.183. The molecule has 0 N–H and O–H groups in total. The van der Waals surface area contributed by atoms with Gasteiger partial charge in [-0.05, 0) is 52.6 Å². The Morgan fingerprint density at radius 1 is 0.547 bits per heavy atom. The number of rotatable bonds is 4. The van der Waals surface area contributed by atoms with Gasteiger partial charge < -0.3 is 4.57 Å². The Morgan fingerprint density at radius 3 is 2.00 bits per heavy atom. The molecule has 0 unspecified atom stereocenters. The molecule has 0 spiro atoms. The van der Waals surface area contributed by atoms with E-state index < -0.39 is 0 Å². The fraction of sp³-hybridized carbons (Fsp3) is 0.0612. The van der Waals surface area contributed by atoms with Gasteiger partial charge in [0.2, 0.25) is 0 Å². The van der Waals surface area contributed by atoms with Crippen molar-refractivity contribution >= 4 is 53.3 Å². The van der Waals surface area contributed by atoms with Crippen LogP contribution in [0.4, 0.5) is 0 Å². The molecule has 0 bridgehead atoms. The topological polar surface area (TPSA) is 30.7 Å². The smallest absolute Gasteiger partial charge is 0.160 e. The van der Waals surface area contributed by atoms with Gasteiger partial charge in [0.15, 0.2) is 5.82 Å². The molecular formula is C49H33N3S. The van der Waals surface area contributed by atoms with Gasteiger partial charge in [0.25, 0.3) is 0 Å². The maximum Gasteiger partial charge on any atom is 0.160 e. The standard InChI is InChI=1S/C49H33N3S/c1-49(2)37-25-12-9-22-34(37)42-43-35-23-10-13-26-40(35)52(46(43)44-36-24-11-14-27-41(36)53-47(44)45(42)49)33-21-15-20-32(28-33)39-29-38(30-16-5-3-6-17-30)50-48(51-39)31-18-7-4-8-19-31/h3-29H,1-2H3. The van der Waals surface area contributed by atoms with E-state index in [1.165, 1.54) is 64.2 Å². The van der Waals surface area contributed by atoms with Crippen LogP contribution in [-0.2, 0) is 5.41 Å². The van der Waals surface area contributed by atoms with E-state index in [0.717, 1.165) is 33.8 Å². The lowest BCUT2D eigenvalue weighted by atomic mass is 9.81. The van der Waals surface area contributed by atoms with Gasteiger partial charge >= 0.3 is 0 Å². The average molecular weight is 696 g/mol. The first-order valence-corrected chi connectivity index (χ1v) is 19.0. The van der Waals surface area contributed by atoms with Crippen LogP contribution in [0, 0.1) is 0 Å². The fourth-order valence-electron chi connectivity index (χ4n) is 8.81. The number of fused-ring (bicyclic) bond motifs is 12. The van der Waals surface area contributed by atoms with Gasteiger partial charge in [0.05, 0.1) is 22.4 Å². The maximum absolute atomic E-state index is 5.20. The van der Waals surface area contributed by atoms with Crippen molar-refractivity contribution in [2.24, 2.45) is 0 Å². The monoisotopic (exact) mass is 695 g/mol. The van der Waals surface area contributed by atoms with Gasteiger partial charge in [0, 0.05) is 58.7 Å². The van der Waals surface area contributed by atoms with E-state index >= 15 is 0 Å². The van der Waals surface area contributed by atoms with Crippen molar-refractivity contribution in [1.29, 1.82) is 0 Å². The molecule has 7 aromatic carbocycles. The Kier molecular flexibility index (Phi) is 6.47. The summed E-state index contributed by atoms with van der Waals surface area (Å²) in [6.07, 6.45) is 0. The lowest BCUT2D eigenvalue weighted by Gasteiger charge is -2.22. The van der Waals surface area contributed by atoms with Crippen LogP contribution in [0.5, 0.6) is 0 Å². The normalized spacial score (nSPS) is 13.2. The second-order valence-corrected chi connectivity index (χ2v) is 15.6. The molecule has 1 aliphatic rings. The van der Waals surface area contributed by atoms with Crippen molar-refractivity contribution in [3.8, 4) is 50.7 Å². The molecule has 11 rings (SSSR count). The van der Waals surface area contributed by atoms with Crippen LogP contribution in [0.25, 0.3) is 92.7 Å². The molecule has 0 saturated carbocycles. The summed E-state index contributed by atoms with van der Waals surface area (Å²) in [5.41, 5.74) is 13.9. The van der Waals surface area contributed by atoms with Crippen molar-refractivity contribution in [3.63, 3.8) is 0 Å². The number of hydrogen-bond donors (Lipinski definition) is 0. The van der Waals surface area contributed by atoms with Crippen molar-refractivity contribution < 1.29 is 0 Å². The summed E-state index contributed by atoms with van der Waals surface area (Å²) in [6.45, 7) is 4.82. The summed E-state index contributed by atoms with van der Waals surface area (Å²) < 4.78 is 5.21. The molecule has 0 amide bonds. The molecule has 1 aliphatic carbocycles. The zero-order valence-corrected chi connectivity index (χ0v) is 30.2. The van der Waals surface area contributed by atoms with E-state index in [1.807, 2.05) is 35.6 Å². The van der Waals surface area contributed by atoms with Crippen LogP contribution < -0.4 is 0 Å². The largest absolute Gasteiger partial charge is 0.309 e. The highest BCUT2D eigenvalue weighted by Crippen LogP contribution is 2.58. The molecular weight excluding hydrogens is 663 g/mol. The molecule has 0 atom stereocenters. The van der Waals surface area contributed by atoms with Crippen LogP contribution in [-0.4, -0.2) is 14.5 Å². The Bertz CT molecular complexity index is 3020. The zero-order valence-electron chi connectivity index (χ0n) is 29.3. The molecule has 53 heavy (non-hydrogen) atoms. The van der Waals surface area contributed by atoms with Gasteiger partial charge in [-0.2, -0.15) is 0 Å². The van der Waals surface area contributed by atoms with E-state index in [4.69, 9.17) is 9.97 Å². The Hall–Kier alpha value is -6.36. The van der Waals surface area contributed by atoms with Crippen LogP contribution in [0.3, 0.4) is 0 Å². The van der Waals surface area contributed by atoms with Gasteiger partial charge in [-0.3, -0.25) is 0 Å². The lowest BCUT2D eigenvalue weighted by Crippen LogP contribution is -2.15. The third-order valence-electron chi connectivity index (χ3n) is 11.2. The molecule has 250 valence electrons. The summed E-state index contributed by atoms with van der Waals surface area (Å²) in [5, 5.41) is 5.24. The van der Waals surface area contributed by atoms with Gasteiger partial charge in [-0.15, -0.1) is 11.3 Å². The first-order chi connectivity index (χ1) is 26.1. The summed E-state index contributed by atoms with van der Waals surface area (Å²) in [4.78, 5) is 10.3. The van der Waals surface area contributed by atoms with E-state index in [2.05, 4.69) is 158 Å². The highest BCUT2D eigenvalue weighted by molar-refractivity contribution is 7.26. The fourth-order valence-corrected chi connectivity index (χ4v) is 10.2. The Morgan fingerprint density at radius 2 is 1.19 bits per heavy atom. The number of para-hydroxylation sites is 1. The third kappa shape index (κ3) is 4.39. The van der Waals surface area contributed by atoms with Crippen LogP contribution in [0.15, 0.2) is 164 Å². The van der Waals surface area contributed by atoms with Crippen molar-refractivity contribution in [2.75, 3.05) is 0 Å². The van der Waals surface area contributed by atoms with Crippen LogP contribution >= 0.6 is 11.3 Å². The molecule has 3 nitrogen and oxygen atoms in total. The Labute approximate surface area is 311 Å². The molecule has 0 fully saturated rings. The van der Waals surface area contributed by atoms with E-state index in [1.54, 1.807) is 0 Å². The van der Waals surface area contributed by atoms with Gasteiger partial charge in [0.1, 0.15) is 0 Å². The van der Waals surface area contributed by atoms with Gasteiger partial charge in [-0.25, -0.2) is 9.97 Å². The highest BCUT2D eigenvalue weighted by Gasteiger charge is 2.40. The van der Waals surface area contributed by atoms with Crippen LogP contribution in [0.1, 0.15) is 25.0 Å². The summed E-state index contributed by atoms with van der Waals surface area (Å²) in [5.74, 6) is 0.715. The van der Waals surface area contributed by atoms with E-state index in [0.29, 0.717) is 5.82 Å². The second kappa shape index (κ2) is 11.3. The summed E-state index contributed by atoms with van der Waals surface area (Å²) >= 11 is 1.94. The molecule has 0 radical (unpaired) electrons. The van der Waals surface area contributed by atoms with E-state index in [-0.39, 0.29) is 5.41 Å². The minimum absolute atomic E-state index is 0.137. The molecule has 4 heteroatoms. The second-order valence-electron chi connectivity index (χ2n) is 14.5. The van der Waals surface area contributed by atoms with E-state index in [9.17, 15) is 0 Å². The first kappa shape index (κ1) is 30.3. The third-order valence-corrected chi connectivity index (χ3v) is 12.3. The van der Waals surface area contributed by atoms with Crippen molar-refractivity contribution in [3.05, 3.63) is 175 Å². The predicted octanol–water partition coefficient (Wildman–Crippen LogP) is 13.2. The minimum atomic E-state index is -0.137. The average Bonchev–Trinajstić information content (AvgIpc) is 3.84. The molecule has 0 saturated heterocycles. The number of aromatic nitrogens is 3. The highest BCUT2D eigenvalue weighted by atomic mass is 32.1. The number of nitrogens with zero attached hydrogens (tertiary/aromatic N) is 3. The van der Waals surface area contributed by atoms with Crippen molar-refractivity contribution in [2.45, 2.75) is 19.3 Å². The van der Waals surface area contributed by atoms with Gasteiger partial charge in [-0.1, -0.05) is 147 Å². The lowest BCUT2D eigenvalue weighted by molar-refractivity contribution is 0.667. The number of hydrogen-bond acceptors (Lipinski definition) is 3. The number of benzene rings is 7. The molecule has 3 heterocycles. The minimum Gasteiger partial charge on any atom is -0.309 e. The molecule has 10 aromatic rings. The Balaban J connectivity index is 1.24. The van der Waals surface area contributed by atoms with Crippen molar-refractivity contribution in [1.82, 2.24) is 14.5 Å². The maximum atomic E-state index is 5.20. The SMILES string of the molecule is CC1(C)c2ccccc2-c2c1c1sc3ccccc3c1c1c2c2ccccc2n1-c1cccc(-c2cc(-c3ccccc3)nc(-c3ccccc3)n2)c1. The molecule has 3 aromatic heterocycles. The molecule has 0 aliphatic heterocycles. The zero-order chi connectivity index (χ0) is 35.3. The van der Waals surface area contributed by atoms with Crippen LogP contribution in [0.2, 0.25) is 0 Å². The predicted molar refractivity (Wildman–Crippen MR) is 223 cm³/mol. The first-order valence-electron chi connectivity index (χ1n) is 18.2.